The lowest BCUT2D eigenvalue weighted by Crippen LogP contribution is -2.07. The van der Waals surface area contributed by atoms with Gasteiger partial charge >= 0.3 is 0 Å². The van der Waals surface area contributed by atoms with Crippen molar-refractivity contribution in [1.29, 1.82) is 0 Å². The molecule has 0 bridgehead atoms. The first-order chi connectivity index (χ1) is 11.6. The number of anilines is 1. The Balaban J connectivity index is 1.64. The minimum absolute atomic E-state index is 0.282. The Morgan fingerprint density at radius 3 is 2.79 bits per heavy atom. The van der Waals surface area contributed by atoms with Crippen LogP contribution in [0.25, 0.3) is 16.6 Å². The van der Waals surface area contributed by atoms with Gasteiger partial charge in [-0.1, -0.05) is 18.3 Å². The molecule has 8 heteroatoms. The predicted molar refractivity (Wildman–Crippen MR) is 94.5 cm³/mol. The zero-order valence-electron chi connectivity index (χ0n) is 12.7. The van der Waals surface area contributed by atoms with E-state index in [9.17, 15) is 9.18 Å². The van der Waals surface area contributed by atoms with Crippen LogP contribution in [0.15, 0.2) is 35.7 Å². The summed E-state index contributed by atoms with van der Waals surface area (Å²) in [6.07, 6.45) is 3.81. The molecule has 3 aromatic rings. The fourth-order valence-electron chi connectivity index (χ4n) is 1.84. The lowest BCUT2D eigenvalue weighted by Gasteiger charge is -1.95. The van der Waals surface area contributed by atoms with E-state index in [1.54, 1.807) is 18.2 Å². The van der Waals surface area contributed by atoms with E-state index < -0.39 is 0 Å². The van der Waals surface area contributed by atoms with Gasteiger partial charge in [0.05, 0.1) is 5.69 Å². The van der Waals surface area contributed by atoms with Crippen molar-refractivity contribution in [2.24, 2.45) is 0 Å². The predicted octanol–water partition coefficient (Wildman–Crippen LogP) is 4.02. The van der Waals surface area contributed by atoms with Gasteiger partial charge < -0.3 is 0 Å². The Morgan fingerprint density at radius 1 is 1.29 bits per heavy atom. The minimum Gasteiger partial charge on any atom is -0.297 e. The second-order valence-electron chi connectivity index (χ2n) is 4.76. The number of benzene rings is 1. The summed E-state index contributed by atoms with van der Waals surface area (Å²) in [7, 11) is 0. The molecule has 0 spiro atoms. The van der Waals surface area contributed by atoms with E-state index in [0.29, 0.717) is 10.8 Å². The van der Waals surface area contributed by atoms with Gasteiger partial charge in [-0.3, -0.25) is 10.1 Å². The number of nitrogens with zero attached hydrogens (tertiary/aromatic N) is 3. The van der Waals surface area contributed by atoms with Crippen LogP contribution in [-0.2, 0) is 11.2 Å². The van der Waals surface area contributed by atoms with Crippen molar-refractivity contribution in [3.8, 4) is 10.6 Å². The zero-order chi connectivity index (χ0) is 16.9. The van der Waals surface area contributed by atoms with Gasteiger partial charge in [0.15, 0.2) is 0 Å². The molecule has 1 amide bonds. The maximum Gasteiger partial charge on any atom is 0.250 e. The molecule has 2 aromatic heterocycles. The van der Waals surface area contributed by atoms with E-state index in [2.05, 4.69) is 20.5 Å². The highest BCUT2D eigenvalue weighted by molar-refractivity contribution is 7.15. The number of rotatable bonds is 5. The van der Waals surface area contributed by atoms with Crippen LogP contribution in [0, 0.1) is 5.82 Å². The van der Waals surface area contributed by atoms with E-state index in [1.165, 1.54) is 40.9 Å². The van der Waals surface area contributed by atoms with Crippen LogP contribution in [0.1, 0.15) is 17.6 Å². The molecule has 0 atom stereocenters. The average molecular weight is 360 g/mol. The van der Waals surface area contributed by atoms with E-state index in [0.717, 1.165) is 22.0 Å². The molecule has 1 aromatic carbocycles. The summed E-state index contributed by atoms with van der Waals surface area (Å²) in [5, 5.41) is 14.5. The maximum atomic E-state index is 12.9. The summed E-state index contributed by atoms with van der Waals surface area (Å²) >= 11 is 2.79. The largest absolute Gasteiger partial charge is 0.297 e. The number of amides is 1. The lowest BCUT2D eigenvalue weighted by molar-refractivity contribution is -0.111. The smallest absolute Gasteiger partial charge is 0.250 e. The topological polar surface area (TPSA) is 67.8 Å². The molecule has 122 valence electrons. The van der Waals surface area contributed by atoms with Crippen LogP contribution in [0.3, 0.4) is 0 Å². The molecule has 24 heavy (non-hydrogen) atoms. The van der Waals surface area contributed by atoms with Crippen molar-refractivity contribution >= 4 is 39.8 Å². The summed E-state index contributed by atoms with van der Waals surface area (Å²) in [5.41, 5.74) is 1.51. The summed E-state index contributed by atoms with van der Waals surface area (Å²) in [6, 6.07) is 6.14. The molecule has 0 aliphatic carbocycles. The van der Waals surface area contributed by atoms with Gasteiger partial charge in [0, 0.05) is 17.0 Å². The lowest BCUT2D eigenvalue weighted by atomic mass is 10.2. The monoisotopic (exact) mass is 360 g/mol. The molecule has 0 saturated carbocycles. The van der Waals surface area contributed by atoms with Crippen LogP contribution in [0.5, 0.6) is 0 Å². The fraction of sp³-hybridized carbons (Fsp3) is 0.125. The van der Waals surface area contributed by atoms with Crippen molar-refractivity contribution in [2.45, 2.75) is 13.3 Å². The summed E-state index contributed by atoms with van der Waals surface area (Å²) in [4.78, 5) is 16.3. The quantitative estimate of drug-likeness (QED) is 0.698. The number of carbonyl (C=O) groups excluding carboxylic acids is 1. The van der Waals surface area contributed by atoms with Crippen LogP contribution < -0.4 is 5.32 Å². The Bertz CT molecular complexity index is 870. The molecule has 0 radical (unpaired) electrons. The van der Waals surface area contributed by atoms with Crippen molar-refractivity contribution in [3.05, 3.63) is 52.2 Å². The number of carbonyl (C=O) groups is 1. The highest BCUT2D eigenvalue weighted by Crippen LogP contribution is 2.24. The van der Waals surface area contributed by atoms with Gasteiger partial charge in [-0.2, -0.15) is 0 Å². The standard InChI is InChI=1S/C16H13FN4OS2/c1-2-14-20-21-16(24-14)19-13(22)8-7-12-9-23-15(18-12)10-3-5-11(17)6-4-10/h3-9H,2H2,1H3,(H,19,21,22)/b8-7+. The number of hydrogen-bond donors (Lipinski definition) is 1. The maximum absolute atomic E-state index is 12.9. The second kappa shape index (κ2) is 7.41. The number of halogens is 1. The van der Waals surface area contributed by atoms with E-state index in [-0.39, 0.29) is 11.7 Å². The Kier molecular flexibility index (Phi) is 5.07. The Morgan fingerprint density at radius 2 is 2.08 bits per heavy atom. The number of hydrogen-bond acceptors (Lipinski definition) is 6. The summed E-state index contributed by atoms with van der Waals surface area (Å²) in [5.74, 6) is -0.569. The third-order valence-corrected chi connectivity index (χ3v) is 4.91. The highest BCUT2D eigenvalue weighted by Gasteiger charge is 2.06. The first-order valence-electron chi connectivity index (χ1n) is 7.17. The van der Waals surface area contributed by atoms with Crippen LogP contribution in [-0.4, -0.2) is 21.1 Å². The van der Waals surface area contributed by atoms with Gasteiger partial charge in [-0.15, -0.1) is 21.5 Å². The SMILES string of the molecule is CCc1nnc(NC(=O)/C=C/c2csc(-c3ccc(F)cc3)n2)s1. The molecule has 1 N–H and O–H groups in total. The Hall–Kier alpha value is -2.45. The zero-order valence-corrected chi connectivity index (χ0v) is 14.3. The molecular weight excluding hydrogens is 347 g/mol. The van der Waals surface area contributed by atoms with Crippen molar-refractivity contribution in [2.75, 3.05) is 5.32 Å². The van der Waals surface area contributed by atoms with E-state index in [4.69, 9.17) is 0 Å². The third kappa shape index (κ3) is 4.09. The van der Waals surface area contributed by atoms with Crippen molar-refractivity contribution in [1.82, 2.24) is 15.2 Å². The van der Waals surface area contributed by atoms with Gasteiger partial charge in [-0.25, -0.2) is 9.37 Å². The summed E-state index contributed by atoms with van der Waals surface area (Å²) in [6.45, 7) is 1.98. The number of nitrogens with one attached hydrogen (secondary N) is 1. The van der Waals surface area contributed by atoms with E-state index >= 15 is 0 Å². The number of aromatic nitrogens is 3. The average Bonchev–Trinajstić information content (AvgIpc) is 3.23. The molecular formula is C16H13FN4OS2. The molecule has 0 aliphatic heterocycles. The Labute approximate surface area is 145 Å². The molecule has 0 saturated heterocycles. The van der Waals surface area contributed by atoms with Crippen LogP contribution in [0.4, 0.5) is 9.52 Å². The van der Waals surface area contributed by atoms with Crippen LogP contribution >= 0.6 is 22.7 Å². The fourth-order valence-corrected chi connectivity index (χ4v) is 3.32. The first-order valence-corrected chi connectivity index (χ1v) is 8.86. The van der Waals surface area contributed by atoms with Gasteiger partial charge in [-0.05, 0) is 36.8 Å². The van der Waals surface area contributed by atoms with Gasteiger partial charge in [0.2, 0.25) is 11.0 Å². The molecule has 5 nitrogen and oxygen atoms in total. The molecule has 2 heterocycles. The van der Waals surface area contributed by atoms with Crippen molar-refractivity contribution < 1.29 is 9.18 Å². The third-order valence-electron chi connectivity index (χ3n) is 3.02. The highest BCUT2D eigenvalue weighted by atomic mass is 32.1. The van der Waals surface area contributed by atoms with Gasteiger partial charge in [0.1, 0.15) is 15.8 Å². The number of aryl methyl sites for hydroxylation is 1. The second-order valence-corrected chi connectivity index (χ2v) is 6.68. The normalized spacial score (nSPS) is 11.1. The molecule has 0 fully saturated rings. The number of thiazole rings is 1. The van der Waals surface area contributed by atoms with E-state index in [1.807, 2.05) is 12.3 Å². The molecule has 0 aliphatic rings. The molecule has 3 rings (SSSR count). The minimum atomic E-state index is -0.287. The van der Waals surface area contributed by atoms with Crippen molar-refractivity contribution in [3.63, 3.8) is 0 Å². The van der Waals surface area contributed by atoms with Crippen LogP contribution in [0.2, 0.25) is 0 Å². The molecule has 0 unspecified atom stereocenters. The first kappa shape index (κ1) is 16.4. The summed E-state index contributed by atoms with van der Waals surface area (Å²) < 4.78 is 12.9. The van der Waals surface area contributed by atoms with Gasteiger partial charge in [0.25, 0.3) is 0 Å².